The number of amides is 1. The molecule has 0 unspecified atom stereocenters. The summed E-state index contributed by atoms with van der Waals surface area (Å²) < 4.78 is 29.6. The van der Waals surface area contributed by atoms with Gasteiger partial charge < -0.3 is 14.2 Å². The van der Waals surface area contributed by atoms with Crippen molar-refractivity contribution in [3.8, 4) is 17.2 Å². The van der Waals surface area contributed by atoms with E-state index in [1.165, 1.54) is 48.0 Å². The van der Waals surface area contributed by atoms with Gasteiger partial charge in [-0.2, -0.15) is 0 Å². The molecule has 0 saturated carbocycles. The molecule has 2 aromatic rings. The van der Waals surface area contributed by atoms with Crippen molar-refractivity contribution in [1.82, 2.24) is 0 Å². The van der Waals surface area contributed by atoms with Gasteiger partial charge in [0.2, 0.25) is 12.5 Å². The minimum Gasteiger partial charge on any atom is -0.493 e. The molecule has 1 saturated heterocycles. The van der Waals surface area contributed by atoms with Crippen LogP contribution in [0.3, 0.4) is 0 Å². The van der Waals surface area contributed by atoms with Gasteiger partial charge in [0.25, 0.3) is 5.91 Å². The number of thiocarbonyl (C=S) groups is 1. The van der Waals surface area contributed by atoms with E-state index in [0.29, 0.717) is 32.2 Å². The van der Waals surface area contributed by atoms with Crippen molar-refractivity contribution < 1.29 is 23.4 Å². The number of carbonyl (C=O) groups excluding carboxylic acids is 1. The summed E-state index contributed by atoms with van der Waals surface area (Å²) in [4.78, 5) is 14.6. The second-order valence-electron chi connectivity index (χ2n) is 5.45. The fourth-order valence-electron chi connectivity index (χ4n) is 2.67. The van der Waals surface area contributed by atoms with Gasteiger partial charge in [-0.1, -0.05) is 24.0 Å². The summed E-state index contributed by atoms with van der Waals surface area (Å²) in [5.41, 5.74) is 1.26. The predicted octanol–water partition coefficient (Wildman–Crippen LogP) is 3.97. The first-order valence-electron chi connectivity index (χ1n) is 7.58. The lowest BCUT2D eigenvalue weighted by atomic mass is 10.1. The zero-order chi connectivity index (χ0) is 18.3. The lowest BCUT2D eigenvalue weighted by Crippen LogP contribution is -2.27. The second kappa shape index (κ2) is 6.62. The molecule has 0 atom stereocenters. The maximum absolute atomic E-state index is 13.1. The average Bonchev–Trinajstić information content (AvgIpc) is 3.20. The second-order valence-corrected chi connectivity index (χ2v) is 7.13. The van der Waals surface area contributed by atoms with E-state index >= 15 is 0 Å². The monoisotopic (exact) mass is 389 g/mol. The minimum absolute atomic E-state index is 0.127. The number of hydrogen-bond donors (Lipinski definition) is 0. The molecule has 0 aromatic heterocycles. The van der Waals surface area contributed by atoms with Gasteiger partial charge in [0, 0.05) is 0 Å². The number of ether oxygens (including phenoxy) is 3. The van der Waals surface area contributed by atoms with E-state index in [-0.39, 0.29) is 18.5 Å². The van der Waals surface area contributed by atoms with E-state index in [1.54, 1.807) is 18.2 Å². The molecular weight excluding hydrogens is 377 g/mol. The quantitative estimate of drug-likeness (QED) is 0.585. The van der Waals surface area contributed by atoms with Crippen molar-refractivity contribution in [3.63, 3.8) is 0 Å². The summed E-state index contributed by atoms with van der Waals surface area (Å²) in [6, 6.07) is 9.16. The van der Waals surface area contributed by atoms with Crippen LogP contribution in [0.5, 0.6) is 17.2 Å². The van der Waals surface area contributed by atoms with Crippen LogP contribution in [0, 0.1) is 5.82 Å². The number of halogens is 1. The van der Waals surface area contributed by atoms with E-state index in [9.17, 15) is 9.18 Å². The highest BCUT2D eigenvalue weighted by Crippen LogP contribution is 2.43. The fraction of sp³-hybridized carbons (Fsp3) is 0.111. The number of carbonyl (C=O) groups is 1. The summed E-state index contributed by atoms with van der Waals surface area (Å²) in [6.45, 7) is 0.127. The molecule has 1 fully saturated rings. The van der Waals surface area contributed by atoms with Crippen LogP contribution in [-0.2, 0) is 4.79 Å². The van der Waals surface area contributed by atoms with E-state index in [4.69, 9.17) is 26.4 Å². The van der Waals surface area contributed by atoms with Crippen LogP contribution in [0.15, 0.2) is 41.3 Å². The summed E-state index contributed by atoms with van der Waals surface area (Å²) in [5.74, 6) is 0.999. The molecule has 2 aliphatic heterocycles. The van der Waals surface area contributed by atoms with Gasteiger partial charge in [0.15, 0.2) is 15.8 Å². The lowest BCUT2D eigenvalue weighted by Gasteiger charge is -2.14. The summed E-state index contributed by atoms with van der Waals surface area (Å²) in [5, 5.41) is 0. The summed E-state index contributed by atoms with van der Waals surface area (Å²) in [7, 11) is 1.54. The molecule has 5 nitrogen and oxygen atoms in total. The SMILES string of the molecule is COc1cc(/C=C2\SC(=S)N(c3ccc(F)cc3)C2=O)cc2c1OCO2. The topological polar surface area (TPSA) is 48.0 Å². The highest BCUT2D eigenvalue weighted by Gasteiger charge is 2.33. The third-order valence-corrected chi connectivity index (χ3v) is 5.16. The molecule has 132 valence electrons. The molecule has 2 aliphatic rings. The Balaban J connectivity index is 1.68. The molecule has 1 amide bonds. The molecule has 0 aliphatic carbocycles. The van der Waals surface area contributed by atoms with Crippen LogP contribution in [0.25, 0.3) is 6.08 Å². The molecule has 0 spiro atoms. The number of anilines is 1. The van der Waals surface area contributed by atoms with E-state index < -0.39 is 0 Å². The van der Waals surface area contributed by atoms with Gasteiger partial charge in [-0.25, -0.2) is 4.39 Å². The summed E-state index contributed by atoms with van der Waals surface area (Å²) >= 11 is 6.50. The van der Waals surface area contributed by atoms with Crippen LogP contribution >= 0.6 is 24.0 Å². The molecule has 2 heterocycles. The van der Waals surface area contributed by atoms with Crippen LogP contribution in [0.2, 0.25) is 0 Å². The highest BCUT2D eigenvalue weighted by molar-refractivity contribution is 8.27. The van der Waals surface area contributed by atoms with Gasteiger partial charge in [-0.3, -0.25) is 9.69 Å². The van der Waals surface area contributed by atoms with Crippen molar-refractivity contribution in [2.24, 2.45) is 0 Å². The lowest BCUT2D eigenvalue weighted by molar-refractivity contribution is -0.113. The molecule has 0 N–H and O–H groups in total. The Morgan fingerprint density at radius 3 is 2.77 bits per heavy atom. The normalized spacial score (nSPS) is 17.3. The number of rotatable bonds is 3. The number of thioether (sulfide) groups is 1. The Morgan fingerprint density at radius 1 is 1.27 bits per heavy atom. The van der Waals surface area contributed by atoms with Crippen LogP contribution in [-0.4, -0.2) is 24.1 Å². The Labute approximate surface area is 158 Å². The molecule has 4 rings (SSSR count). The third-order valence-electron chi connectivity index (χ3n) is 3.86. The van der Waals surface area contributed by atoms with Gasteiger partial charge in [-0.15, -0.1) is 0 Å². The maximum atomic E-state index is 13.1. The molecule has 0 radical (unpaired) electrons. The first-order chi connectivity index (χ1) is 12.6. The number of fused-ring (bicyclic) bond motifs is 1. The Kier molecular flexibility index (Phi) is 4.29. The van der Waals surface area contributed by atoms with Gasteiger partial charge in [0.05, 0.1) is 17.7 Å². The minimum atomic E-state index is -0.373. The first-order valence-corrected chi connectivity index (χ1v) is 8.80. The molecular formula is C18H12FNO4S2. The van der Waals surface area contributed by atoms with E-state index in [0.717, 1.165) is 5.56 Å². The third kappa shape index (κ3) is 2.91. The Morgan fingerprint density at radius 2 is 2.04 bits per heavy atom. The van der Waals surface area contributed by atoms with Crippen molar-refractivity contribution in [3.05, 3.63) is 52.7 Å². The average molecular weight is 389 g/mol. The largest absolute Gasteiger partial charge is 0.493 e. The van der Waals surface area contributed by atoms with E-state index in [1.807, 2.05) is 0 Å². The molecule has 2 aromatic carbocycles. The Bertz CT molecular complexity index is 943. The van der Waals surface area contributed by atoms with Gasteiger partial charge in [0.1, 0.15) is 5.82 Å². The zero-order valence-electron chi connectivity index (χ0n) is 13.5. The van der Waals surface area contributed by atoms with Crippen LogP contribution < -0.4 is 19.1 Å². The predicted molar refractivity (Wildman–Crippen MR) is 101 cm³/mol. The van der Waals surface area contributed by atoms with Crippen LogP contribution in [0.4, 0.5) is 10.1 Å². The smallest absolute Gasteiger partial charge is 0.270 e. The number of hydrogen-bond acceptors (Lipinski definition) is 6. The summed E-state index contributed by atoms with van der Waals surface area (Å²) in [6.07, 6.45) is 1.72. The van der Waals surface area contributed by atoms with Crippen molar-refractivity contribution in [2.45, 2.75) is 0 Å². The van der Waals surface area contributed by atoms with Crippen molar-refractivity contribution in [2.75, 3.05) is 18.8 Å². The first kappa shape index (κ1) is 16.9. The molecule has 0 bridgehead atoms. The molecule has 26 heavy (non-hydrogen) atoms. The Hall–Kier alpha value is -2.58. The number of methoxy groups -OCH3 is 1. The van der Waals surface area contributed by atoms with Crippen LogP contribution in [0.1, 0.15) is 5.56 Å². The highest BCUT2D eigenvalue weighted by atomic mass is 32.2. The van der Waals surface area contributed by atoms with Crippen molar-refractivity contribution >= 4 is 46.0 Å². The van der Waals surface area contributed by atoms with Crippen molar-refractivity contribution in [1.29, 1.82) is 0 Å². The standard InChI is InChI=1S/C18H12FNO4S2/c1-22-13-6-10(7-14-16(13)24-9-23-14)8-15-17(21)20(18(25)26-15)12-4-2-11(19)3-5-12/h2-8H,9H2,1H3/b15-8-. The maximum Gasteiger partial charge on any atom is 0.270 e. The zero-order valence-corrected chi connectivity index (χ0v) is 15.2. The van der Waals surface area contributed by atoms with Gasteiger partial charge >= 0.3 is 0 Å². The fourth-order valence-corrected chi connectivity index (χ4v) is 3.96. The number of nitrogens with zero attached hydrogens (tertiary/aromatic N) is 1. The van der Waals surface area contributed by atoms with E-state index in [2.05, 4.69) is 0 Å². The number of benzene rings is 2. The van der Waals surface area contributed by atoms with Gasteiger partial charge in [-0.05, 0) is 48.0 Å². The molecule has 8 heteroatoms.